The molecule has 118 valence electrons. The summed E-state index contributed by atoms with van der Waals surface area (Å²) in [6.45, 7) is 1.28. The van der Waals surface area contributed by atoms with Gasteiger partial charge in [0.05, 0.1) is 12.0 Å². The zero-order chi connectivity index (χ0) is 14.7. The Morgan fingerprint density at radius 2 is 2.19 bits per heavy atom. The Kier molecular flexibility index (Phi) is 6.39. The third-order valence-corrected chi connectivity index (χ3v) is 3.85. The lowest BCUT2D eigenvalue weighted by molar-refractivity contribution is -0.385. The molecule has 0 heterocycles. The van der Waals surface area contributed by atoms with Crippen LogP contribution in [0, 0.1) is 16.0 Å². The molecule has 1 fully saturated rings. The number of nitro benzene ring substituents is 1. The van der Waals surface area contributed by atoms with Crippen molar-refractivity contribution in [2.24, 2.45) is 11.7 Å². The molecule has 1 atom stereocenters. The normalized spacial score (nSPS) is 15.4. The molecule has 2 rings (SSSR count). The molecule has 0 spiro atoms. The summed E-state index contributed by atoms with van der Waals surface area (Å²) in [5, 5.41) is 11.0. The molecule has 0 saturated heterocycles. The molecule has 0 radical (unpaired) electrons. The van der Waals surface area contributed by atoms with Crippen molar-refractivity contribution < 1.29 is 9.66 Å². The third-order valence-electron chi connectivity index (χ3n) is 3.85. The standard InChI is InChI=1S/C14H21N3O3.ClH/c1-16(13(8-15)11-4-5-11)9-10-3-6-14(20-2)12(7-10)17(18)19;/h3,6-7,11,13H,4-5,8-9,15H2,1-2H3;1H. The number of hydrogen-bond donors (Lipinski definition) is 1. The van der Waals surface area contributed by atoms with Gasteiger partial charge >= 0.3 is 5.69 Å². The Labute approximate surface area is 130 Å². The Hall–Kier alpha value is -1.37. The monoisotopic (exact) mass is 315 g/mol. The molecule has 1 unspecified atom stereocenters. The molecule has 0 bridgehead atoms. The molecule has 1 aromatic rings. The lowest BCUT2D eigenvalue weighted by Crippen LogP contribution is -2.39. The summed E-state index contributed by atoms with van der Waals surface area (Å²) in [6, 6.07) is 5.45. The Morgan fingerprint density at radius 1 is 1.52 bits per heavy atom. The van der Waals surface area contributed by atoms with Gasteiger partial charge in [0.2, 0.25) is 0 Å². The van der Waals surface area contributed by atoms with Crippen LogP contribution in [-0.2, 0) is 6.54 Å². The average molecular weight is 316 g/mol. The van der Waals surface area contributed by atoms with Gasteiger partial charge in [0.1, 0.15) is 0 Å². The molecular formula is C14H22ClN3O3. The lowest BCUT2D eigenvalue weighted by atomic mass is 10.1. The van der Waals surface area contributed by atoms with E-state index in [1.54, 1.807) is 12.1 Å². The molecule has 1 saturated carbocycles. The average Bonchev–Trinajstić information content (AvgIpc) is 3.24. The minimum atomic E-state index is -0.413. The highest BCUT2D eigenvalue weighted by atomic mass is 35.5. The van der Waals surface area contributed by atoms with Gasteiger partial charge in [-0.05, 0) is 37.4 Å². The van der Waals surface area contributed by atoms with E-state index >= 15 is 0 Å². The summed E-state index contributed by atoms with van der Waals surface area (Å²) < 4.78 is 5.01. The number of nitro groups is 1. The second kappa shape index (κ2) is 7.59. The maximum Gasteiger partial charge on any atom is 0.311 e. The van der Waals surface area contributed by atoms with E-state index < -0.39 is 4.92 Å². The highest BCUT2D eigenvalue weighted by Crippen LogP contribution is 2.35. The second-order valence-electron chi connectivity index (χ2n) is 5.32. The Balaban J connectivity index is 0.00000220. The van der Waals surface area contributed by atoms with E-state index in [0.29, 0.717) is 30.8 Å². The highest BCUT2D eigenvalue weighted by molar-refractivity contribution is 5.85. The molecule has 0 aromatic heterocycles. The first-order chi connectivity index (χ1) is 9.56. The van der Waals surface area contributed by atoms with Crippen LogP contribution in [0.1, 0.15) is 18.4 Å². The quantitative estimate of drug-likeness (QED) is 0.616. The molecule has 7 heteroatoms. The Morgan fingerprint density at radius 3 is 2.67 bits per heavy atom. The zero-order valence-corrected chi connectivity index (χ0v) is 13.1. The molecule has 1 aliphatic carbocycles. The molecule has 2 N–H and O–H groups in total. The van der Waals surface area contributed by atoms with Crippen LogP contribution in [0.3, 0.4) is 0 Å². The number of methoxy groups -OCH3 is 1. The summed E-state index contributed by atoms with van der Waals surface area (Å²) in [5.74, 6) is 0.970. The van der Waals surface area contributed by atoms with Crippen molar-refractivity contribution >= 4 is 18.1 Å². The maximum absolute atomic E-state index is 11.0. The first kappa shape index (κ1) is 17.7. The summed E-state index contributed by atoms with van der Waals surface area (Å²) in [4.78, 5) is 12.8. The SMILES string of the molecule is COc1ccc(CN(C)C(CN)C2CC2)cc1[N+](=O)[O-].Cl. The second-order valence-corrected chi connectivity index (χ2v) is 5.32. The van der Waals surface area contributed by atoms with E-state index in [2.05, 4.69) is 4.90 Å². The van der Waals surface area contributed by atoms with E-state index in [1.807, 2.05) is 13.1 Å². The number of halogens is 1. The van der Waals surface area contributed by atoms with Gasteiger partial charge in [-0.1, -0.05) is 6.07 Å². The van der Waals surface area contributed by atoms with Gasteiger partial charge in [-0.15, -0.1) is 12.4 Å². The molecular weight excluding hydrogens is 294 g/mol. The smallest absolute Gasteiger partial charge is 0.311 e. The minimum Gasteiger partial charge on any atom is -0.490 e. The third kappa shape index (κ3) is 4.30. The van der Waals surface area contributed by atoms with Gasteiger partial charge in [0.15, 0.2) is 5.75 Å². The van der Waals surface area contributed by atoms with Crippen molar-refractivity contribution in [3.63, 3.8) is 0 Å². The van der Waals surface area contributed by atoms with Gasteiger partial charge < -0.3 is 10.5 Å². The van der Waals surface area contributed by atoms with Crippen LogP contribution < -0.4 is 10.5 Å². The first-order valence-electron chi connectivity index (χ1n) is 6.78. The molecule has 1 aliphatic rings. The van der Waals surface area contributed by atoms with E-state index in [-0.39, 0.29) is 18.1 Å². The first-order valence-corrected chi connectivity index (χ1v) is 6.78. The zero-order valence-electron chi connectivity index (χ0n) is 12.3. The van der Waals surface area contributed by atoms with Crippen molar-refractivity contribution in [2.75, 3.05) is 20.7 Å². The predicted octanol–water partition coefficient (Wildman–Crippen LogP) is 2.19. The van der Waals surface area contributed by atoms with Crippen LogP contribution in [0.25, 0.3) is 0 Å². The summed E-state index contributed by atoms with van der Waals surface area (Å²) >= 11 is 0. The topological polar surface area (TPSA) is 81.6 Å². The van der Waals surface area contributed by atoms with E-state index in [1.165, 1.54) is 20.0 Å². The van der Waals surface area contributed by atoms with Crippen molar-refractivity contribution in [1.29, 1.82) is 0 Å². The van der Waals surface area contributed by atoms with Gasteiger partial charge in [0, 0.05) is 25.2 Å². The largest absolute Gasteiger partial charge is 0.490 e. The van der Waals surface area contributed by atoms with Crippen LogP contribution in [-0.4, -0.2) is 36.6 Å². The highest BCUT2D eigenvalue weighted by Gasteiger charge is 2.32. The molecule has 0 amide bonds. The molecule has 21 heavy (non-hydrogen) atoms. The van der Waals surface area contributed by atoms with E-state index in [9.17, 15) is 10.1 Å². The van der Waals surface area contributed by atoms with Gasteiger partial charge in [-0.2, -0.15) is 0 Å². The number of likely N-dealkylation sites (N-methyl/N-ethyl adjacent to an activating group) is 1. The van der Waals surface area contributed by atoms with Gasteiger partial charge in [-0.25, -0.2) is 0 Å². The maximum atomic E-state index is 11.0. The number of nitrogens with two attached hydrogens (primary N) is 1. The minimum absolute atomic E-state index is 0. The fourth-order valence-corrected chi connectivity index (χ4v) is 2.60. The molecule has 0 aliphatic heterocycles. The number of ether oxygens (including phenoxy) is 1. The number of hydrogen-bond acceptors (Lipinski definition) is 5. The van der Waals surface area contributed by atoms with Crippen molar-refractivity contribution in [3.8, 4) is 5.75 Å². The predicted molar refractivity (Wildman–Crippen MR) is 83.9 cm³/mol. The van der Waals surface area contributed by atoms with Crippen LogP contribution in [0.4, 0.5) is 5.69 Å². The fourth-order valence-electron chi connectivity index (χ4n) is 2.60. The van der Waals surface area contributed by atoms with Crippen LogP contribution in [0.5, 0.6) is 5.75 Å². The number of rotatable bonds is 7. The lowest BCUT2D eigenvalue weighted by Gasteiger charge is -2.27. The number of nitrogens with zero attached hydrogens (tertiary/aromatic N) is 2. The van der Waals surface area contributed by atoms with Crippen molar-refractivity contribution in [3.05, 3.63) is 33.9 Å². The van der Waals surface area contributed by atoms with Gasteiger partial charge in [-0.3, -0.25) is 15.0 Å². The molecule has 6 nitrogen and oxygen atoms in total. The van der Waals surface area contributed by atoms with Crippen LogP contribution in [0.2, 0.25) is 0 Å². The van der Waals surface area contributed by atoms with E-state index in [0.717, 1.165) is 5.56 Å². The van der Waals surface area contributed by atoms with Crippen LogP contribution in [0.15, 0.2) is 18.2 Å². The summed E-state index contributed by atoms with van der Waals surface area (Å²) in [5.41, 5.74) is 6.73. The van der Waals surface area contributed by atoms with Crippen molar-refractivity contribution in [1.82, 2.24) is 4.90 Å². The van der Waals surface area contributed by atoms with Crippen LogP contribution >= 0.6 is 12.4 Å². The Bertz CT molecular complexity index is 494. The molecule has 1 aromatic carbocycles. The number of benzene rings is 1. The van der Waals surface area contributed by atoms with E-state index in [4.69, 9.17) is 10.5 Å². The fraction of sp³-hybridized carbons (Fsp3) is 0.571. The summed E-state index contributed by atoms with van der Waals surface area (Å²) in [6.07, 6.45) is 2.46. The summed E-state index contributed by atoms with van der Waals surface area (Å²) in [7, 11) is 3.46. The van der Waals surface area contributed by atoms with Gasteiger partial charge in [0.25, 0.3) is 0 Å². The van der Waals surface area contributed by atoms with Crippen molar-refractivity contribution in [2.45, 2.75) is 25.4 Å².